The third kappa shape index (κ3) is 1.61. The SMILES string of the molecule is CC(N=C=O)c1cn2c(n1)CCCC2. The van der Waals surface area contributed by atoms with E-state index in [1.165, 1.54) is 12.8 Å². The second-order valence-corrected chi connectivity index (χ2v) is 3.63. The van der Waals surface area contributed by atoms with Gasteiger partial charge in [0.15, 0.2) is 0 Å². The molecule has 0 radical (unpaired) electrons. The van der Waals surface area contributed by atoms with Gasteiger partial charge in [0, 0.05) is 19.2 Å². The van der Waals surface area contributed by atoms with Crippen LogP contribution in [0.25, 0.3) is 0 Å². The van der Waals surface area contributed by atoms with Crippen molar-refractivity contribution in [1.82, 2.24) is 9.55 Å². The van der Waals surface area contributed by atoms with Crippen molar-refractivity contribution in [2.75, 3.05) is 0 Å². The van der Waals surface area contributed by atoms with E-state index in [1.807, 2.05) is 13.1 Å². The van der Waals surface area contributed by atoms with Crippen LogP contribution in [0.5, 0.6) is 0 Å². The van der Waals surface area contributed by atoms with Gasteiger partial charge in [0.25, 0.3) is 0 Å². The van der Waals surface area contributed by atoms with Crippen LogP contribution in [0.1, 0.15) is 37.3 Å². The molecule has 0 fully saturated rings. The summed E-state index contributed by atoms with van der Waals surface area (Å²) in [4.78, 5) is 18.2. The normalized spacial score (nSPS) is 16.9. The molecule has 0 spiro atoms. The van der Waals surface area contributed by atoms with Gasteiger partial charge in [-0.15, -0.1) is 0 Å². The summed E-state index contributed by atoms with van der Waals surface area (Å²) in [6, 6.07) is -0.161. The third-order valence-corrected chi connectivity index (χ3v) is 2.60. The molecule has 0 aromatic carbocycles. The van der Waals surface area contributed by atoms with E-state index in [4.69, 9.17) is 0 Å². The molecular weight excluding hydrogens is 178 g/mol. The Hall–Kier alpha value is -1.41. The minimum atomic E-state index is -0.161. The molecule has 0 saturated heterocycles. The molecule has 2 heterocycles. The van der Waals surface area contributed by atoms with E-state index in [1.54, 1.807) is 6.08 Å². The van der Waals surface area contributed by atoms with Crippen LogP contribution < -0.4 is 0 Å². The smallest absolute Gasteiger partial charge is 0.235 e. The molecule has 0 aliphatic carbocycles. The highest BCUT2D eigenvalue weighted by Crippen LogP contribution is 2.20. The van der Waals surface area contributed by atoms with Gasteiger partial charge in [0.1, 0.15) is 11.9 Å². The average Bonchev–Trinajstić information content (AvgIpc) is 2.61. The number of carbonyl (C=O) groups excluding carboxylic acids is 1. The molecule has 1 aromatic rings. The topological polar surface area (TPSA) is 47.2 Å². The number of aromatic nitrogens is 2. The van der Waals surface area contributed by atoms with E-state index in [0.29, 0.717) is 0 Å². The highest BCUT2D eigenvalue weighted by molar-refractivity contribution is 5.34. The molecule has 0 amide bonds. The fraction of sp³-hybridized carbons (Fsp3) is 0.600. The molecule has 2 rings (SSSR count). The van der Waals surface area contributed by atoms with Crippen molar-refractivity contribution >= 4 is 6.08 Å². The lowest BCUT2D eigenvalue weighted by Gasteiger charge is -2.11. The van der Waals surface area contributed by atoms with Gasteiger partial charge in [0.2, 0.25) is 6.08 Å². The summed E-state index contributed by atoms with van der Waals surface area (Å²) in [5.41, 5.74) is 0.880. The van der Waals surface area contributed by atoms with E-state index >= 15 is 0 Å². The zero-order valence-corrected chi connectivity index (χ0v) is 8.23. The standard InChI is InChI=1S/C10H13N3O/c1-8(11-7-14)9-6-13-5-3-2-4-10(13)12-9/h6,8H,2-5H2,1H3. The van der Waals surface area contributed by atoms with Gasteiger partial charge in [-0.05, 0) is 19.8 Å². The Labute approximate surface area is 82.7 Å². The first-order chi connectivity index (χ1) is 6.81. The Morgan fingerprint density at radius 1 is 1.64 bits per heavy atom. The molecule has 0 N–H and O–H groups in total. The van der Waals surface area contributed by atoms with Crippen LogP contribution in [0.4, 0.5) is 0 Å². The quantitative estimate of drug-likeness (QED) is 0.526. The molecule has 0 bridgehead atoms. The van der Waals surface area contributed by atoms with Crippen molar-refractivity contribution in [3.8, 4) is 0 Å². The minimum Gasteiger partial charge on any atom is -0.335 e. The number of imidazole rings is 1. The number of nitrogens with zero attached hydrogens (tertiary/aromatic N) is 3. The zero-order valence-electron chi connectivity index (χ0n) is 8.23. The first-order valence-electron chi connectivity index (χ1n) is 4.94. The lowest BCUT2D eigenvalue weighted by molar-refractivity contribution is 0.522. The molecule has 14 heavy (non-hydrogen) atoms. The van der Waals surface area contributed by atoms with E-state index < -0.39 is 0 Å². The maximum absolute atomic E-state index is 10.1. The van der Waals surface area contributed by atoms with E-state index in [9.17, 15) is 4.79 Å². The minimum absolute atomic E-state index is 0.161. The van der Waals surface area contributed by atoms with Crippen molar-refractivity contribution in [2.24, 2.45) is 4.99 Å². The Kier molecular flexibility index (Phi) is 2.46. The van der Waals surface area contributed by atoms with Gasteiger partial charge < -0.3 is 4.57 Å². The van der Waals surface area contributed by atoms with Gasteiger partial charge >= 0.3 is 0 Å². The zero-order chi connectivity index (χ0) is 9.97. The van der Waals surface area contributed by atoms with Crippen molar-refractivity contribution in [2.45, 2.75) is 38.8 Å². The van der Waals surface area contributed by atoms with Crippen LogP contribution in [0.2, 0.25) is 0 Å². The maximum atomic E-state index is 10.1. The van der Waals surface area contributed by atoms with Crippen LogP contribution in [-0.2, 0) is 17.8 Å². The molecule has 1 aliphatic heterocycles. The number of hydrogen-bond acceptors (Lipinski definition) is 3. The Morgan fingerprint density at radius 2 is 2.50 bits per heavy atom. The molecule has 1 aliphatic rings. The summed E-state index contributed by atoms with van der Waals surface area (Å²) in [7, 11) is 0. The first-order valence-corrected chi connectivity index (χ1v) is 4.94. The summed E-state index contributed by atoms with van der Waals surface area (Å²) in [6.45, 7) is 2.90. The van der Waals surface area contributed by atoms with Crippen LogP contribution in [0, 0.1) is 0 Å². The third-order valence-electron chi connectivity index (χ3n) is 2.60. The predicted octanol–water partition coefficient (Wildman–Crippen LogP) is 1.62. The van der Waals surface area contributed by atoms with Gasteiger partial charge in [-0.25, -0.2) is 9.78 Å². The van der Waals surface area contributed by atoms with E-state index in [2.05, 4.69) is 14.5 Å². The van der Waals surface area contributed by atoms with Crippen LogP contribution in [-0.4, -0.2) is 15.6 Å². The van der Waals surface area contributed by atoms with Crippen LogP contribution in [0.3, 0.4) is 0 Å². The molecule has 4 heteroatoms. The largest absolute Gasteiger partial charge is 0.335 e. The lowest BCUT2D eigenvalue weighted by atomic mass is 10.2. The van der Waals surface area contributed by atoms with Crippen LogP contribution >= 0.6 is 0 Å². The Bertz CT molecular complexity index is 353. The number of isocyanates is 1. The lowest BCUT2D eigenvalue weighted by Crippen LogP contribution is -2.08. The van der Waals surface area contributed by atoms with Crippen molar-refractivity contribution in [3.63, 3.8) is 0 Å². The number of fused-ring (bicyclic) bond motifs is 1. The average molecular weight is 191 g/mol. The Morgan fingerprint density at radius 3 is 3.21 bits per heavy atom. The second-order valence-electron chi connectivity index (χ2n) is 3.63. The molecule has 1 unspecified atom stereocenters. The van der Waals surface area contributed by atoms with Crippen molar-refractivity contribution in [1.29, 1.82) is 0 Å². The highest BCUT2D eigenvalue weighted by Gasteiger charge is 2.15. The summed E-state index contributed by atoms with van der Waals surface area (Å²) < 4.78 is 2.16. The van der Waals surface area contributed by atoms with Gasteiger partial charge in [0.05, 0.1) is 5.69 Å². The van der Waals surface area contributed by atoms with Gasteiger partial charge in [-0.3, -0.25) is 0 Å². The molecule has 0 saturated carbocycles. The number of rotatable bonds is 2. The molecule has 74 valence electrons. The fourth-order valence-corrected chi connectivity index (χ4v) is 1.78. The summed E-state index contributed by atoms with van der Waals surface area (Å²) in [5.74, 6) is 1.12. The maximum Gasteiger partial charge on any atom is 0.235 e. The van der Waals surface area contributed by atoms with Crippen LogP contribution in [0.15, 0.2) is 11.2 Å². The molecule has 4 nitrogen and oxygen atoms in total. The summed E-state index contributed by atoms with van der Waals surface area (Å²) >= 11 is 0. The van der Waals surface area contributed by atoms with Gasteiger partial charge in [-0.1, -0.05) is 0 Å². The fourth-order valence-electron chi connectivity index (χ4n) is 1.78. The van der Waals surface area contributed by atoms with Crippen molar-refractivity contribution in [3.05, 3.63) is 17.7 Å². The van der Waals surface area contributed by atoms with E-state index in [-0.39, 0.29) is 6.04 Å². The second kappa shape index (κ2) is 3.76. The highest BCUT2D eigenvalue weighted by atomic mass is 16.1. The monoisotopic (exact) mass is 191 g/mol. The number of aryl methyl sites for hydroxylation is 2. The predicted molar refractivity (Wildman–Crippen MR) is 51.7 cm³/mol. The van der Waals surface area contributed by atoms with Gasteiger partial charge in [-0.2, -0.15) is 4.99 Å². The molecular formula is C10H13N3O. The van der Waals surface area contributed by atoms with Crippen molar-refractivity contribution < 1.29 is 4.79 Å². The first kappa shape index (κ1) is 9.16. The summed E-state index contributed by atoms with van der Waals surface area (Å²) in [5, 5.41) is 0. The number of aliphatic imine (C=N–C) groups is 1. The molecule has 1 atom stereocenters. The Balaban J connectivity index is 2.27. The van der Waals surface area contributed by atoms with E-state index in [0.717, 1.165) is 24.5 Å². The number of hydrogen-bond donors (Lipinski definition) is 0. The molecule has 1 aromatic heterocycles. The summed E-state index contributed by atoms with van der Waals surface area (Å²) in [6.07, 6.45) is 7.04.